The fraction of sp³-hybridized carbons (Fsp3) is 0.143. The molecule has 0 aromatic carbocycles. The maximum atomic E-state index is 7.27. The van der Waals surface area contributed by atoms with E-state index in [9.17, 15) is 0 Å². The van der Waals surface area contributed by atoms with Crippen LogP contribution in [0.2, 0.25) is 0 Å². The summed E-state index contributed by atoms with van der Waals surface area (Å²) in [4.78, 5) is 3.94. The van der Waals surface area contributed by atoms with Crippen molar-refractivity contribution in [3.05, 3.63) is 28.5 Å². The Hall–Kier alpha value is -0.900. The second kappa shape index (κ2) is 3.48. The molecule has 0 aliphatic rings. The Balaban J connectivity index is 2.90. The molecule has 0 saturated heterocycles. The van der Waals surface area contributed by atoms with Gasteiger partial charge >= 0.3 is 0 Å². The summed E-state index contributed by atoms with van der Waals surface area (Å²) in [5.74, 6) is 0.130. The normalized spacial score (nSPS) is 9.27. The van der Waals surface area contributed by atoms with E-state index in [2.05, 4.69) is 20.9 Å². The smallest absolute Gasteiger partial charge is 0.214 e. The fourth-order valence-corrected chi connectivity index (χ4v) is 0.863. The molecule has 0 aliphatic heterocycles. The molecule has 3 nitrogen and oxygen atoms in total. The molecule has 0 fully saturated rings. The Morgan fingerprint density at radius 2 is 2.36 bits per heavy atom. The third-order valence-corrected chi connectivity index (χ3v) is 1.66. The van der Waals surface area contributed by atoms with Crippen molar-refractivity contribution in [2.75, 3.05) is 7.11 Å². The summed E-state index contributed by atoms with van der Waals surface area (Å²) >= 11 is 3.19. The van der Waals surface area contributed by atoms with E-state index in [0.717, 1.165) is 4.60 Å². The minimum atomic E-state index is 0.130. The highest BCUT2D eigenvalue weighted by Crippen LogP contribution is 2.06. The molecule has 11 heavy (non-hydrogen) atoms. The Kier molecular flexibility index (Phi) is 2.59. The summed E-state index contributed by atoms with van der Waals surface area (Å²) < 4.78 is 5.46. The van der Waals surface area contributed by atoms with Crippen LogP contribution >= 0.6 is 15.9 Å². The molecule has 0 amide bonds. The van der Waals surface area contributed by atoms with Crippen molar-refractivity contribution in [3.8, 4) is 0 Å². The van der Waals surface area contributed by atoms with E-state index in [0.29, 0.717) is 5.56 Å². The van der Waals surface area contributed by atoms with Crippen molar-refractivity contribution in [1.29, 1.82) is 5.41 Å². The van der Waals surface area contributed by atoms with E-state index < -0.39 is 0 Å². The monoisotopic (exact) mass is 214 g/mol. The van der Waals surface area contributed by atoms with Crippen molar-refractivity contribution in [3.63, 3.8) is 0 Å². The summed E-state index contributed by atoms with van der Waals surface area (Å²) in [7, 11) is 1.46. The molecule has 1 N–H and O–H groups in total. The number of methoxy groups -OCH3 is 1. The molecular formula is C7H7BrN2O. The molecule has 0 saturated carbocycles. The first-order valence-corrected chi connectivity index (χ1v) is 3.78. The first kappa shape index (κ1) is 8.20. The van der Waals surface area contributed by atoms with Gasteiger partial charge in [-0.2, -0.15) is 0 Å². The molecule has 1 rings (SSSR count). The second-order valence-electron chi connectivity index (χ2n) is 1.90. The van der Waals surface area contributed by atoms with Crippen molar-refractivity contribution in [2.45, 2.75) is 0 Å². The minimum Gasteiger partial charge on any atom is -0.481 e. The van der Waals surface area contributed by atoms with Gasteiger partial charge in [-0.3, -0.25) is 5.41 Å². The highest BCUT2D eigenvalue weighted by Gasteiger charge is 1.99. The Bertz CT molecular complexity index is 258. The predicted molar refractivity (Wildman–Crippen MR) is 45.8 cm³/mol. The van der Waals surface area contributed by atoms with Crippen LogP contribution < -0.4 is 0 Å². The number of ether oxygens (including phenoxy) is 1. The lowest BCUT2D eigenvalue weighted by Gasteiger charge is -1.99. The molecule has 0 bridgehead atoms. The summed E-state index contributed by atoms with van der Waals surface area (Å²) in [5, 5.41) is 7.27. The quantitative estimate of drug-likeness (QED) is 0.441. The first-order valence-electron chi connectivity index (χ1n) is 2.98. The zero-order valence-electron chi connectivity index (χ0n) is 5.97. The highest BCUT2D eigenvalue weighted by atomic mass is 79.9. The summed E-state index contributed by atoms with van der Waals surface area (Å²) in [6.45, 7) is 0. The van der Waals surface area contributed by atoms with Gasteiger partial charge in [0.2, 0.25) is 5.90 Å². The largest absolute Gasteiger partial charge is 0.481 e. The number of hydrogen-bond donors (Lipinski definition) is 1. The number of halogens is 1. The van der Waals surface area contributed by atoms with Crippen molar-refractivity contribution in [2.24, 2.45) is 0 Å². The van der Waals surface area contributed by atoms with Crippen LogP contribution in [-0.2, 0) is 4.74 Å². The number of rotatable bonds is 1. The van der Waals surface area contributed by atoms with Gasteiger partial charge < -0.3 is 4.74 Å². The van der Waals surface area contributed by atoms with Gasteiger partial charge in [0.25, 0.3) is 0 Å². The lowest BCUT2D eigenvalue weighted by Crippen LogP contribution is -2.01. The van der Waals surface area contributed by atoms with E-state index in [-0.39, 0.29) is 5.90 Å². The topological polar surface area (TPSA) is 46.0 Å². The number of pyridine rings is 1. The maximum Gasteiger partial charge on any atom is 0.214 e. The third kappa shape index (κ3) is 2.01. The van der Waals surface area contributed by atoms with E-state index in [1.807, 2.05) is 0 Å². The van der Waals surface area contributed by atoms with Crippen LogP contribution in [0.25, 0.3) is 0 Å². The van der Waals surface area contributed by atoms with Crippen molar-refractivity contribution < 1.29 is 4.74 Å². The van der Waals surface area contributed by atoms with Gasteiger partial charge in [-0.15, -0.1) is 0 Å². The highest BCUT2D eigenvalue weighted by molar-refractivity contribution is 9.10. The van der Waals surface area contributed by atoms with Crippen molar-refractivity contribution in [1.82, 2.24) is 4.98 Å². The lowest BCUT2D eigenvalue weighted by molar-refractivity contribution is 0.401. The fourth-order valence-electron chi connectivity index (χ4n) is 0.628. The standard InChI is InChI=1S/C7H7BrN2O/c1-11-7(9)5-2-3-6(8)10-4-5/h2-4,9H,1H3. The first-order chi connectivity index (χ1) is 5.24. The SMILES string of the molecule is COC(=N)c1ccc(Br)nc1. The molecule has 1 heterocycles. The predicted octanol–water partition coefficient (Wildman–Crippen LogP) is 1.82. The van der Waals surface area contributed by atoms with E-state index in [1.54, 1.807) is 18.3 Å². The second-order valence-corrected chi connectivity index (χ2v) is 2.72. The minimum absolute atomic E-state index is 0.130. The van der Waals surface area contributed by atoms with Gasteiger partial charge in [0.15, 0.2) is 0 Å². The number of nitrogens with zero attached hydrogens (tertiary/aromatic N) is 1. The number of nitrogens with one attached hydrogen (secondary N) is 1. The molecule has 58 valence electrons. The van der Waals surface area contributed by atoms with Gasteiger partial charge in [-0.1, -0.05) is 0 Å². The lowest BCUT2D eigenvalue weighted by atomic mass is 10.3. The van der Waals surface area contributed by atoms with Crippen LogP contribution in [0.4, 0.5) is 0 Å². The van der Waals surface area contributed by atoms with Crippen LogP contribution in [-0.4, -0.2) is 18.0 Å². The average Bonchev–Trinajstić information content (AvgIpc) is 2.05. The zero-order chi connectivity index (χ0) is 8.27. The van der Waals surface area contributed by atoms with E-state index in [1.165, 1.54) is 7.11 Å². The molecule has 1 aromatic heterocycles. The summed E-state index contributed by atoms with van der Waals surface area (Å²) in [6, 6.07) is 3.53. The third-order valence-electron chi connectivity index (χ3n) is 1.19. The van der Waals surface area contributed by atoms with Crippen LogP contribution in [0, 0.1) is 5.41 Å². The molecule has 0 spiro atoms. The molecular weight excluding hydrogens is 208 g/mol. The maximum absolute atomic E-state index is 7.27. The van der Waals surface area contributed by atoms with E-state index in [4.69, 9.17) is 10.1 Å². The number of aromatic nitrogens is 1. The summed E-state index contributed by atoms with van der Waals surface area (Å²) in [5.41, 5.74) is 0.677. The van der Waals surface area contributed by atoms with E-state index >= 15 is 0 Å². The Labute approximate surface area is 73.0 Å². The van der Waals surface area contributed by atoms with Gasteiger partial charge in [-0.25, -0.2) is 4.98 Å². The molecule has 0 radical (unpaired) electrons. The Morgan fingerprint density at radius 3 is 2.82 bits per heavy atom. The summed E-state index contributed by atoms with van der Waals surface area (Å²) in [6.07, 6.45) is 1.58. The molecule has 4 heteroatoms. The van der Waals surface area contributed by atoms with Crippen LogP contribution in [0.5, 0.6) is 0 Å². The van der Waals surface area contributed by atoms with Gasteiger partial charge in [0, 0.05) is 6.20 Å². The number of hydrogen-bond acceptors (Lipinski definition) is 3. The molecule has 1 aromatic rings. The molecule has 0 unspecified atom stereocenters. The van der Waals surface area contributed by atoms with Crippen LogP contribution in [0.3, 0.4) is 0 Å². The van der Waals surface area contributed by atoms with Crippen LogP contribution in [0.15, 0.2) is 22.9 Å². The Morgan fingerprint density at radius 1 is 1.64 bits per heavy atom. The van der Waals surface area contributed by atoms with Gasteiger partial charge in [-0.05, 0) is 28.1 Å². The average molecular weight is 215 g/mol. The van der Waals surface area contributed by atoms with Gasteiger partial charge in [0.05, 0.1) is 12.7 Å². The molecule has 0 atom stereocenters. The zero-order valence-corrected chi connectivity index (χ0v) is 7.55. The van der Waals surface area contributed by atoms with Gasteiger partial charge in [0.1, 0.15) is 4.60 Å². The molecule has 0 aliphatic carbocycles. The van der Waals surface area contributed by atoms with Crippen molar-refractivity contribution >= 4 is 21.8 Å². The van der Waals surface area contributed by atoms with Crippen LogP contribution in [0.1, 0.15) is 5.56 Å².